The van der Waals surface area contributed by atoms with E-state index in [9.17, 15) is 9.59 Å². The number of carbonyl (C=O) groups is 2. The lowest BCUT2D eigenvalue weighted by molar-refractivity contribution is -0.118. The number of rotatable bonds is 5. The molecule has 0 aliphatic carbocycles. The summed E-state index contributed by atoms with van der Waals surface area (Å²) in [4.78, 5) is 28.2. The highest BCUT2D eigenvalue weighted by Crippen LogP contribution is 2.30. The number of hydrogen-bond acceptors (Lipinski definition) is 5. The highest BCUT2D eigenvalue weighted by Gasteiger charge is 2.27. The molecule has 0 saturated carbocycles. The van der Waals surface area contributed by atoms with Crippen molar-refractivity contribution >= 4 is 35.1 Å². The molecule has 2 aromatic carbocycles. The molecule has 1 unspecified atom stereocenters. The van der Waals surface area contributed by atoms with Crippen LogP contribution in [0, 0.1) is 6.92 Å². The van der Waals surface area contributed by atoms with E-state index in [1.54, 1.807) is 28.9 Å². The summed E-state index contributed by atoms with van der Waals surface area (Å²) in [5.41, 5.74) is 2.39. The van der Waals surface area contributed by atoms with Gasteiger partial charge in [-0.3, -0.25) is 14.9 Å². The molecular weight excluding hydrogens is 394 g/mol. The van der Waals surface area contributed by atoms with Crippen molar-refractivity contribution in [3.05, 3.63) is 64.9 Å². The molecule has 2 amide bonds. The zero-order valence-corrected chi connectivity index (χ0v) is 16.3. The first-order chi connectivity index (χ1) is 14.0. The lowest BCUT2D eigenvalue weighted by atomic mass is 10.0. The van der Waals surface area contributed by atoms with Gasteiger partial charge >= 0.3 is 0 Å². The van der Waals surface area contributed by atoms with Crippen molar-refractivity contribution in [1.29, 1.82) is 0 Å². The van der Waals surface area contributed by atoms with E-state index in [1.807, 2.05) is 25.1 Å². The Morgan fingerprint density at radius 2 is 2.21 bits per heavy atom. The van der Waals surface area contributed by atoms with E-state index in [0.717, 1.165) is 11.1 Å². The van der Waals surface area contributed by atoms with Gasteiger partial charge in [-0.05, 0) is 42.3 Å². The fourth-order valence-corrected chi connectivity index (χ4v) is 3.31. The Labute approximate surface area is 171 Å². The second-order valence-corrected chi connectivity index (χ2v) is 7.10. The minimum atomic E-state index is -0.295. The third kappa shape index (κ3) is 4.22. The molecule has 1 aromatic heterocycles. The van der Waals surface area contributed by atoms with Gasteiger partial charge in [0.2, 0.25) is 11.9 Å². The molecule has 148 valence electrons. The lowest BCUT2D eigenvalue weighted by Gasteiger charge is -2.24. The van der Waals surface area contributed by atoms with Crippen LogP contribution in [0.15, 0.2) is 48.8 Å². The number of ether oxygens (including phenoxy) is 1. The highest BCUT2D eigenvalue weighted by atomic mass is 35.5. The maximum Gasteiger partial charge on any atom is 0.262 e. The Kier molecular flexibility index (Phi) is 5.18. The van der Waals surface area contributed by atoms with Gasteiger partial charge in [0.1, 0.15) is 12.1 Å². The molecule has 9 heteroatoms. The van der Waals surface area contributed by atoms with Crippen LogP contribution in [0.3, 0.4) is 0 Å². The van der Waals surface area contributed by atoms with E-state index < -0.39 is 0 Å². The van der Waals surface area contributed by atoms with Crippen molar-refractivity contribution < 1.29 is 14.3 Å². The smallest absolute Gasteiger partial charge is 0.262 e. The average Bonchev–Trinajstić information content (AvgIpc) is 3.17. The van der Waals surface area contributed by atoms with Gasteiger partial charge in [-0.25, -0.2) is 4.68 Å². The largest absolute Gasteiger partial charge is 0.484 e. The van der Waals surface area contributed by atoms with Gasteiger partial charge in [-0.1, -0.05) is 29.8 Å². The number of hydrogen-bond donors (Lipinski definition) is 2. The van der Waals surface area contributed by atoms with E-state index in [-0.39, 0.29) is 30.9 Å². The van der Waals surface area contributed by atoms with Crippen LogP contribution >= 0.6 is 11.6 Å². The predicted molar refractivity (Wildman–Crippen MR) is 108 cm³/mol. The third-order valence-corrected chi connectivity index (χ3v) is 4.82. The highest BCUT2D eigenvalue weighted by molar-refractivity contribution is 6.31. The summed E-state index contributed by atoms with van der Waals surface area (Å²) < 4.78 is 7.31. The number of benzene rings is 2. The van der Waals surface area contributed by atoms with E-state index in [1.165, 1.54) is 6.33 Å². The zero-order valence-electron chi connectivity index (χ0n) is 15.6. The Hall–Kier alpha value is -3.39. The molecule has 8 nitrogen and oxygen atoms in total. The summed E-state index contributed by atoms with van der Waals surface area (Å²) in [6, 6.07) is 12.3. The molecule has 0 spiro atoms. The van der Waals surface area contributed by atoms with Crippen molar-refractivity contribution in [2.24, 2.45) is 0 Å². The van der Waals surface area contributed by atoms with E-state index in [2.05, 4.69) is 20.7 Å². The molecule has 2 N–H and O–H groups in total. The Bertz CT molecular complexity index is 1080. The molecule has 2 heterocycles. The quantitative estimate of drug-likeness (QED) is 0.671. The normalized spacial score (nSPS) is 15.4. The summed E-state index contributed by atoms with van der Waals surface area (Å²) in [5.74, 6) is 0.511. The zero-order chi connectivity index (χ0) is 20.4. The number of aryl methyl sites for hydroxylation is 1. The van der Waals surface area contributed by atoms with Crippen LogP contribution in [0.1, 0.15) is 23.6 Å². The van der Waals surface area contributed by atoms with Gasteiger partial charge in [0.15, 0.2) is 6.61 Å². The molecule has 3 aromatic rings. The molecule has 0 saturated heterocycles. The SMILES string of the molecule is Cc1ccc(Cl)cc1NC(=O)COc1cccc(C2CC(=O)Nc3ncnn32)c1. The van der Waals surface area contributed by atoms with Crippen LogP contribution in [0.25, 0.3) is 0 Å². The number of nitrogens with zero attached hydrogens (tertiary/aromatic N) is 3. The van der Waals surface area contributed by atoms with Crippen LogP contribution in [0.2, 0.25) is 5.02 Å². The Morgan fingerprint density at radius 1 is 1.34 bits per heavy atom. The second kappa shape index (κ2) is 7.92. The van der Waals surface area contributed by atoms with E-state index in [4.69, 9.17) is 16.3 Å². The van der Waals surface area contributed by atoms with Crippen LogP contribution in [-0.2, 0) is 9.59 Å². The van der Waals surface area contributed by atoms with Crippen molar-refractivity contribution in [2.75, 3.05) is 17.2 Å². The first-order valence-electron chi connectivity index (χ1n) is 8.98. The predicted octanol–water partition coefficient (Wildman–Crippen LogP) is 3.19. The standard InChI is InChI=1S/C20H18ClN5O3/c1-12-5-6-14(21)8-16(12)24-19(28)10-29-15-4-2-3-13(7-15)17-9-18(27)25-20-22-11-23-26(17)20/h2-8,11,17H,9-10H2,1H3,(H,24,28)(H,22,23,25,27). The fraction of sp³-hybridized carbons (Fsp3) is 0.200. The summed E-state index contributed by atoms with van der Waals surface area (Å²) in [7, 11) is 0. The van der Waals surface area contributed by atoms with Crippen molar-refractivity contribution in [2.45, 2.75) is 19.4 Å². The number of carbonyl (C=O) groups excluding carboxylic acids is 2. The summed E-state index contributed by atoms with van der Waals surface area (Å²) >= 11 is 5.98. The van der Waals surface area contributed by atoms with Gasteiger partial charge in [0, 0.05) is 10.7 Å². The fourth-order valence-electron chi connectivity index (χ4n) is 3.14. The molecule has 29 heavy (non-hydrogen) atoms. The summed E-state index contributed by atoms with van der Waals surface area (Å²) in [6.07, 6.45) is 1.64. The maximum atomic E-state index is 12.3. The van der Waals surface area contributed by atoms with Crippen LogP contribution in [0.4, 0.5) is 11.6 Å². The molecule has 0 radical (unpaired) electrons. The van der Waals surface area contributed by atoms with Gasteiger partial charge in [0.05, 0.1) is 12.5 Å². The molecule has 4 rings (SSSR count). The van der Waals surface area contributed by atoms with E-state index in [0.29, 0.717) is 22.4 Å². The number of amides is 2. The number of halogens is 1. The molecular formula is C20H18ClN5O3. The Morgan fingerprint density at radius 3 is 3.07 bits per heavy atom. The Balaban J connectivity index is 1.44. The minimum absolute atomic E-state index is 0.127. The molecule has 1 aliphatic rings. The number of fused-ring (bicyclic) bond motifs is 1. The van der Waals surface area contributed by atoms with Crippen molar-refractivity contribution in [1.82, 2.24) is 14.8 Å². The number of nitrogens with one attached hydrogen (secondary N) is 2. The maximum absolute atomic E-state index is 12.3. The number of anilines is 2. The van der Waals surface area contributed by atoms with Gasteiger partial charge < -0.3 is 10.1 Å². The third-order valence-electron chi connectivity index (χ3n) is 4.58. The molecule has 1 aliphatic heterocycles. The second-order valence-electron chi connectivity index (χ2n) is 6.66. The molecule has 0 fully saturated rings. The molecule has 1 atom stereocenters. The van der Waals surface area contributed by atoms with Gasteiger partial charge in [0.25, 0.3) is 5.91 Å². The van der Waals surface area contributed by atoms with Crippen molar-refractivity contribution in [3.63, 3.8) is 0 Å². The van der Waals surface area contributed by atoms with Crippen molar-refractivity contribution in [3.8, 4) is 5.75 Å². The van der Waals surface area contributed by atoms with Crippen LogP contribution < -0.4 is 15.4 Å². The van der Waals surface area contributed by atoms with Crippen LogP contribution in [-0.4, -0.2) is 33.2 Å². The van der Waals surface area contributed by atoms with E-state index >= 15 is 0 Å². The molecule has 0 bridgehead atoms. The van der Waals surface area contributed by atoms with Gasteiger partial charge in [-0.2, -0.15) is 10.1 Å². The van der Waals surface area contributed by atoms with Crippen LogP contribution in [0.5, 0.6) is 5.75 Å². The topological polar surface area (TPSA) is 98.1 Å². The number of aromatic nitrogens is 3. The minimum Gasteiger partial charge on any atom is -0.484 e. The first kappa shape index (κ1) is 18.9. The average molecular weight is 412 g/mol. The first-order valence-corrected chi connectivity index (χ1v) is 9.35. The van der Waals surface area contributed by atoms with Gasteiger partial charge in [-0.15, -0.1) is 0 Å². The monoisotopic (exact) mass is 411 g/mol. The summed E-state index contributed by atoms with van der Waals surface area (Å²) in [6.45, 7) is 1.73. The summed E-state index contributed by atoms with van der Waals surface area (Å²) in [5, 5.41) is 10.2. The lowest BCUT2D eigenvalue weighted by Crippen LogP contribution is -2.29.